The molecule has 0 radical (unpaired) electrons. The van der Waals surface area contributed by atoms with Gasteiger partial charge in [-0.1, -0.05) is 34.1 Å². The first-order valence-electron chi connectivity index (χ1n) is 10.4. The maximum atomic E-state index is 12.6. The minimum atomic E-state index is 0.198. The topological polar surface area (TPSA) is 49.4 Å². The zero-order valence-corrected chi connectivity index (χ0v) is 16.7. The number of amides is 2. The Bertz CT molecular complexity index is 433. The standard InChI is InChI=1S/C21H38N2O2/c1-15(2)6-5-7-20(24)22-14-17-12-18-9-10-19(13-17)23(18)21(25)11-8-16(3)4/h15-19H,5-14H2,1-4H3,(H,22,24)/t17?,18-,19+. The Labute approximate surface area is 154 Å². The molecule has 1 N–H and O–H groups in total. The number of hydrogen-bond donors (Lipinski definition) is 1. The molecule has 2 amide bonds. The minimum absolute atomic E-state index is 0.198. The highest BCUT2D eigenvalue weighted by Gasteiger charge is 2.42. The number of nitrogens with zero attached hydrogens (tertiary/aromatic N) is 1. The first-order valence-corrected chi connectivity index (χ1v) is 10.4. The Morgan fingerprint density at radius 3 is 2.12 bits per heavy atom. The van der Waals surface area contributed by atoms with Crippen LogP contribution in [0.3, 0.4) is 0 Å². The van der Waals surface area contributed by atoms with Crippen LogP contribution in [0.4, 0.5) is 0 Å². The number of carbonyl (C=O) groups excluding carboxylic acids is 2. The maximum Gasteiger partial charge on any atom is 0.223 e. The predicted molar refractivity (Wildman–Crippen MR) is 102 cm³/mol. The highest BCUT2D eigenvalue weighted by molar-refractivity contribution is 5.77. The van der Waals surface area contributed by atoms with Crippen molar-refractivity contribution in [2.45, 2.75) is 97.6 Å². The van der Waals surface area contributed by atoms with Crippen LogP contribution in [0.1, 0.15) is 85.5 Å². The van der Waals surface area contributed by atoms with Crippen molar-refractivity contribution in [3.63, 3.8) is 0 Å². The van der Waals surface area contributed by atoms with Crippen molar-refractivity contribution in [3.8, 4) is 0 Å². The van der Waals surface area contributed by atoms with Crippen LogP contribution in [0.15, 0.2) is 0 Å². The van der Waals surface area contributed by atoms with Gasteiger partial charge in [-0.05, 0) is 56.3 Å². The molecule has 2 saturated heterocycles. The third-order valence-corrected chi connectivity index (χ3v) is 5.83. The van der Waals surface area contributed by atoms with Crippen molar-refractivity contribution in [2.75, 3.05) is 6.54 Å². The number of hydrogen-bond acceptors (Lipinski definition) is 2. The molecule has 2 aliphatic heterocycles. The second-order valence-corrected chi connectivity index (χ2v) is 9.05. The van der Waals surface area contributed by atoms with Gasteiger partial charge in [0, 0.05) is 31.5 Å². The van der Waals surface area contributed by atoms with E-state index in [1.165, 1.54) is 0 Å². The molecule has 1 unspecified atom stereocenters. The third kappa shape index (κ3) is 6.31. The summed E-state index contributed by atoms with van der Waals surface area (Å²) in [5.74, 6) is 2.35. The van der Waals surface area contributed by atoms with E-state index < -0.39 is 0 Å². The summed E-state index contributed by atoms with van der Waals surface area (Å²) in [6, 6.07) is 0.836. The largest absolute Gasteiger partial charge is 0.356 e. The smallest absolute Gasteiger partial charge is 0.223 e. The van der Waals surface area contributed by atoms with Gasteiger partial charge < -0.3 is 10.2 Å². The molecule has 2 rings (SSSR count). The Morgan fingerprint density at radius 2 is 1.56 bits per heavy atom. The fraction of sp³-hybridized carbons (Fsp3) is 0.905. The molecule has 0 aromatic rings. The third-order valence-electron chi connectivity index (χ3n) is 5.83. The van der Waals surface area contributed by atoms with E-state index >= 15 is 0 Å². The summed E-state index contributed by atoms with van der Waals surface area (Å²) < 4.78 is 0. The monoisotopic (exact) mass is 350 g/mol. The van der Waals surface area contributed by atoms with Gasteiger partial charge in [-0.3, -0.25) is 9.59 Å². The molecule has 0 aromatic carbocycles. The van der Waals surface area contributed by atoms with Crippen LogP contribution in [-0.2, 0) is 9.59 Å². The van der Waals surface area contributed by atoms with Crippen molar-refractivity contribution in [1.82, 2.24) is 10.2 Å². The Morgan fingerprint density at radius 1 is 0.960 bits per heavy atom. The highest BCUT2D eigenvalue weighted by Crippen LogP contribution is 2.39. The molecule has 0 spiro atoms. The Kier molecular flexibility index (Phi) is 7.77. The van der Waals surface area contributed by atoms with Crippen molar-refractivity contribution < 1.29 is 9.59 Å². The van der Waals surface area contributed by atoms with E-state index in [2.05, 4.69) is 37.9 Å². The van der Waals surface area contributed by atoms with Gasteiger partial charge in [0.1, 0.15) is 0 Å². The average Bonchev–Trinajstić information content (AvgIpc) is 2.81. The molecule has 0 saturated carbocycles. The molecule has 0 aromatic heterocycles. The van der Waals surface area contributed by atoms with Gasteiger partial charge in [0.2, 0.25) is 11.8 Å². The summed E-state index contributed by atoms with van der Waals surface area (Å²) in [5.41, 5.74) is 0. The van der Waals surface area contributed by atoms with Crippen LogP contribution in [0.25, 0.3) is 0 Å². The predicted octanol–water partition coefficient (Wildman–Crippen LogP) is 4.13. The van der Waals surface area contributed by atoms with E-state index in [9.17, 15) is 9.59 Å². The highest BCUT2D eigenvalue weighted by atomic mass is 16.2. The molecule has 2 heterocycles. The van der Waals surface area contributed by atoms with Crippen LogP contribution >= 0.6 is 0 Å². The fourth-order valence-corrected chi connectivity index (χ4v) is 4.42. The summed E-state index contributed by atoms with van der Waals surface area (Å²) >= 11 is 0. The molecule has 3 atom stereocenters. The number of carbonyl (C=O) groups is 2. The molecular weight excluding hydrogens is 312 g/mol. The quantitative estimate of drug-likeness (QED) is 0.679. The first kappa shape index (κ1) is 20.3. The number of fused-ring (bicyclic) bond motifs is 2. The van der Waals surface area contributed by atoms with Gasteiger partial charge in [0.15, 0.2) is 0 Å². The first-order chi connectivity index (χ1) is 11.9. The van der Waals surface area contributed by atoms with Crippen LogP contribution < -0.4 is 5.32 Å². The Hall–Kier alpha value is -1.06. The number of rotatable bonds is 9. The summed E-state index contributed by atoms with van der Waals surface area (Å²) in [5, 5.41) is 3.14. The van der Waals surface area contributed by atoms with E-state index in [0.717, 1.165) is 51.5 Å². The summed E-state index contributed by atoms with van der Waals surface area (Å²) in [6.07, 6.45) is 8.87. The zero-order valence-electron chi connectivity index (χ0n) is 16.7. The van der Waals surface area contributed by atoms with Crippen molar-refractivity contribution >= 4 is 11.8 Å². The van der Waals surface area contributed by atoms with Crippen LogP contribution in [-0.4, -0.2) is 35.3 Å². The number of nitrogens with one attached hydrogen (secondary N) is 1. The molecule has 2 bridgehead atoms. The van der Waals surface area contributed by atoms with Gasteiger partial charge in [-0.2, -0.15) is 0 Å². The average molecular weight is 351 g/mol. The molecule has 4 heteroatoms. The van der Waals surface area contributed by atoms with E-state index in [1.807, 2.05) is 0 Å². The fourth-order valence-electron chi connectivity index (χ4n) is 4.42. The lowest BCUT2D eigenvalue weighted by Gasteiger charge is -2.39. The minimum Gasteiger partial charge on any atom is -0.356 e. The van der Waals surface area contributed by atoms with E-state index in [-0.39, 0.29) is 5.91 Å². The number of piperidine rings is 1. The molecule has 25 heavy (non-hydrogen) atoms. The lowest BCUT2D eigenvalue weighted by atomic mass is 9.90. The molecule has 144 valence electrons. The van der Waals surface area contributed by atoms with Crippen LogP contribution in [0.5, 0.6) is 0 Å². The molecule has 2 fully saturated rings. The Balaban J connectivity index is 1.72. The van der Waals surface area contributed by atoms with Gasteiger partial charge in [-0.25, -0.2) is 0 Å². The lowest BCUT2D eigenvalue weighted by Crippen LogP contribution is -2.48. The normalized spacial score (nSPS) is 25.7. The second kappa shape index (κ2) is 9.59. The van der Waals surface area contributed by atoms with Crippen molar-refractivity contribution in [1.29, 1.82) is 0 Å². The molecule has 4 nitrogen and oxygen atoms in total. The van der Waals surface area contributed by atoms with Crippen molar-refractivity contribution in [3.05, 3.63) is 0 Å². The van der Waals surface area contributed by atoms with Gasteiger partial charge in [0.25, 0.3) is 0 Å². The van der Waals surface area contributed by atoms with Gasteiger partial charge in [-0.15, -0.1) is 0 Å². The molecule has 0 aliphatic carbocycles. The SMILES string of the molecule is CC(C)CCCC(=O)NCC1C[C@H]2CC[C@@H](C1)N2C(=O)CCC(C)C. The zero-order chi connectivity index (χ0) is 18.4. The van der Waals surface area contributed by atoms with E-state index in [0.29, 0.717) is 48.6 Å². The van der Waals surface area contributed by atoms with Crippen LogP contribution in [0.2, 0.25) is 0 Å². The van der Waals surface area contributed by atoms with E-state index in [1.54, 1.807) is 0 Å². The summed E-state index contributed by atoms with van der Waals surface area (Å²) in [4.78, 5) is 26.8. The molecule has 2 aliphatic rings. The second-order valence-electron chi connectivity index (χ2n) is 9.05. The summed E-state index contributed by atoms with van der Waals surface area (Å²) in [6.45, 7) is 9.55. The van der Waals surface area contributed by atoms with E-state index in [4.69, 9.17) is 0 Å². The maximum absolute atomic E-state index is 12.6. The van der Waals surface area contributed by atoms with Crippen LogP contribution in [0, 0.1) is 17.8 Å². The summed E-state index contributed by atoms with van der Waals surface area (Å²) in [7, 11) is 0. The van der Waals surface area contributed by atoms with Crippen molar-refractivity contribution in [2.24, 2.45) is 17.8 Å². The molecular formula is C21H38N2O2. The lowest BCUT2D eigenvalue weighted by molar-refractivity contribution is -0.137. The van der Waals surface area contributed by atoms with Gasteiger partial charge >= 0.3 is 0 Å². The van der Waals surface area contributed by atoms with Gasteiger partial charge in [0.05, 0.1) is 0 Å².